The molecule has 1 saturated heterocycles. The number of carbonyl (C=O) groups is 2. The first kappa shape index (κ1) is 8.10. The Morgan fingerprint density at radius 1 is 1.67 bits per heavy atom. The van der Waals surface area contributed by atoms with Crippen LogP contribution in [0.4, 0.5) is 0 Å². The standard InChI is InChI=1S/C10H16O5/c1-9(2,3)8-14-7(13)10(4,15-8)5-6(11)12/h8H,5H2,1-4H3,(H,11,12)/t8-,10+/m1/s1/i4D3. The summed E-state index contributed by atoms with van der Waals surface area (Å²) >= 11 is 0. The van der Waals surface area contributed by atoms with Crippen molar-refractivity contribution in [3.8, 4) is 0 Å². The molecule has 1 rings (SSSR count). The predicted octanol–water partition coefficient (Wildman–Crippen LogP) is 1.17. The van der Waals surface area contributed by atoms with Gasteiger partial charge >= 0.3 is 11.9 Å². The van der Waals surface area contributed by atoms with Crippen molar-refractivity contribution >= 4 is 11.9 Å². The molecule has 0 spiro atoms. The van der Waals surface area contributed by atoms with Gasteiger partial charge in [0.2, 0.25) is 6.29 Å². The number of carboxylic acids is 1. The SMILES string of the molecule is [2H]C([2H])([2H])[C@@]1(CC(=O)O)O[C@H](C(C)(C)C)OC1=O. The van der Waals surface area contributed by atoms with Gasteiger partial charge in [-0.25, -0.2) is 4.79 Å². The van der Waals surface area contributed by atoms with E-state index in [0.717, 1.165) is 0 Å². The van der Waals surface area contributed by atoms with Crippen LogP contribution in [0.3, 0.4) is 0 Å². The zero-order valence-corrected chi connectivity index (χ0v) is 8.86. The molecule has 1 fully saturated rings. The van der Waals surface area contributed by atoms with Crippen molar-refractivity contribution in [3.05, 3.63) is 0 Å². The monoisotopic (exact) mass is 219 g/mol. The van der Waals surface area contributed by atoms with Crippen molar-refractivity contribution in [1.82, 2.24) is 0 Å². The van der Waals surface area contributed by atoms with Crippen LogP contribution in [0.2, 0.25) is 0 Å². The number of carboxylic acid groups (broad SMARTS) is 1. The minimum atomic E-state index is -2.90. The van der Waals surface area contributed by atoms with E-state index in [1.165, 1.54) is 0 Å². The molecule has 5 heteroatoms. The molecule has 1 aliphatic heterocycles. The van der Waals surface area contributed by atoms with Crippen LogP contribution < -0.4 is 0 Å². The minimum absolute atomic E-state index is 0.638. The maximum Gasteiger partial charge on any atom is 0.341 e. The smallest absolute Gasteiger partial charge is 0.341 e. The molecule has 0 amide bonds. The number of ether oxygens (including phenoxy) is 2. The first-order valence-corrected chi connectivity index (χ1v) is 4.51. The van der Waals surface area contributed by atoms with Gasteiger partial charge in [-0.15, -0.1) is 0 Å². The van der Waals surface area contributed by atoms with Gasteiger partial charge in [0.15, 0.2) is 5.60 Å². The maximum absolute atomic E-state index is 11.8. The lowest BCUT2D eigenvalue weighted by Gasteiger charge is -2.25. The highest BCUT2D eigenvalue weighted by atomic mass is 16.8. The third-order valence-corrected chi connectivity index (χ3v) is 1.96. The summed E-state index contributed by atoms with van der Waals surface area (Å²) in [7, 11) is 0. The molecule has 0 aromatic heterocycles. The molecule has 0 aromatic carbocycles. The molecule has 0 aliphatic carbocycles. The Bertz CT molecular complexity index is 371. The first-order valence-electron chi connectivity index (χ1n) is 6.01. The minimum Gasteiger partial charge on any atom is -0.481 e. The molecule has 1 N–H and O–H groups in total. The van der Waals surface area contributed by atoms with E-state index in [1.54, 1.807) is 20.8 Å². The van der Waals surface area contributed by atoms with E-state index in [4.69, 9.17) is 18.7 Å². The van der Waals surface area contributed by atoms with Crippen molar-refractivity contribution in [2.24, 2.45) is 5.41 Å². The van der Waals surface area contributed by atoms with Crippen LogP contribution in [-0.4, -0.2) is 28.9 Å². The van der Waals surface area contributed by atoms with Crippen molar-refractivity contribution in [1.29, 1.82) is 0 Å². The average molecular weight is 219 g/mol. The Balaban J connectivity index is 3.14. The number of aliphatic carboxylic acids is 1. The van der Waals surface area contributed by atoms with E-state index in [9.17, 15) is 9.59 Å². The van der Waals surface area contributed by atoms with Gasteiger partial charge < -0.3 is 14.6 Å². The van der Waals surface area contributed by atoms with Gasteiger partial charge in [-0.1, -0.05) is 20.8 Å². The van der Waals surface area contributed by atoms with Crippen molar-refractivity contribution in [2.75, 3.05) is 0 Å². The van der Waals surface area contributed by atoms with Gasteiger partial charge in [-0.2, -0.15) is 0 Å². The molecular formula is C10H16O5. The summed E-state index contributed by atoms with van der Waals surface area (Å²) in [6.45, 7) is 2.19. The molecule has 15 heavy (non-hydrogen) atoms. The predicted molar refractivity (Wildman–Crippen MR) is 51.1 cm³/mol. The quantitative estimate of drug-likeness (QED) is 0.705. The second-order valence-electron chi connectivity index (χ2n) is 4.62. The summed E-state index contributed by atoms with van der Waals surface area (Å²) in [6, 6.07) is 0. The number of rotatable bonds is 2. The Hall–Kier alpha value is -1.10. The Labute approximate surface area is 92.6 Å². The maximum atomic E-state index is 11.8. The van der Waals surface area contributed by atoms with Crippen LogP contribution >= 0.6 is 0 Å². The van der Waals surface area contributed by atoms with E-state index in [-0.39, 0.29) is 0 Å². The lowest BCUT2D eigenvalue weighted by Crippen LogP contribution is -2.36. The van der Waals surface area contributed by atoms with E-state index < -0.39 is 42.5 Å². The van der Waals surface area contributed by atoms with Crippen molar-refractivity contribution in [2.45, 2.75) is 45.9 Å². The zero-order chi connectivity index (χ0) is 14.4. The second kappa shape index (κ2) is 3.48. The van der Waals surface area contributed by atoms with E-state index >= 15 is 0 Å². The first-order chi connectivity index (χ1) is 7.90. The summed E-state index contributed by atoms with van der Waals surface area (Å²) in [5.74, 6) is -2.58. The topological polar surface area (TPSA) is 72.8 Å². The highest BCUT2D eigenvalue weighted by Crippen LogP contribution is 2.36. The highest BCUT2D eigenvalue weighted by Gasteiger charge is 2.51. The third-order valence-electron chi connectivity index (χ3n) is 1.96. The van der Waals surface area contributed by atoms with Gasteiger partial charge in [-0.05, 0) is 6.85 Å². The van der Waals surface area contributed by atoms with E-state index in [0.29, 0.717) is 0 Å². The van der Waals surface area contributed by atoms with Crippen LogP contribution in [-0.2, 0) is 19.1 Å². The van der Waals surface area contributed by atoms with Gasteiger partial charge in [0.1, 0.15) is 0 Å². The average Bonchev–Trinajstić information content (AvgIpc) is 2.41. The van der Waals surface area contributed by atoms with Crippen molar-refractivity contribution < 1.29 is 28.3 Å². The number of esters is 1. The number of hydrogen-bond acceptors (Lipinski definition) is 4. The lowest BCUT2D eigenvalue weighted by atomic mass is 9.96. The molecule has 1 heterocycles. The summed E-state index contributed by atoms with van der Waals surface area (Å²) in [6.07, 6.45) is -2.03. The molecule has 86 valence electrons. The Morgan fingerprint density at radius 3 is 2.60 bits per heavy atom. The van der Waals surface area contributed by atoms with Crippen LogP contribution in [0, 0.1) is 5.41 Å². The van der Waals surface area contributed by atoms with Crippen LogP contribution in [0.5, 0.6) is 0 Å². The summed E-state index contributed by atoms with van der Waals surface area (Å²) in [5.41, 5.74) is -3.06. The van der Waals surface area contributed by atoms with E-state index in [2.05, 4.69) is 0 Å². The van der Waals surface area contributed by atoms with Gasteiger partial charge in [0, 0.05) is 9.53 Å². The zero-order valence-electron chi connectivity index (χ0n) is 11.9. The third kappa shape index (κ3) is 2.47. The molecular weight excluding hydrogens is 200 g/mol. The fourth-order valence-corrected chi connectivity index (χ4v) is 1.13. The molecule has 0 unspecified atom stereocenters. The molecule has 0 radical (unpaired) electrons. The number of hydrogen-bond donors (Lipinski definition) is 1. The molecule has 0 saturated carbocycles. The molecule has 0 bridgehead atoms. The largest absolute Gasteiger partial charge is 0.481 e. The van der Waals surface area contributed by atoms with Gasteiger partial charge in [0.25, 0.3) is 0 Å². The fourth-order valence-electron chi connectivity index (χ4n) is 1.13. The van der Waals surface area contributed by atoms with Gasteiger partial charge in [0.05, 0.1) is 6.42 Å². The Morgan fingerprint density at radius 2 is 2.27 bits per heavy atom. The highest BCUT2D eigenvalue weighted by molar-refractivity contribution is 5.86. The van der Waals surface area contributed by atoms with Crippen LogP contribution in [0.1, 0.15) is 38.2 Å². The fraction of sp³-hybridized carbons (Fsp3) is 0.800. The van der Waals surface area contributed by atoms with Crippen LogP contribution in [0.15, 0.2) is 0 Å². The molecule has 0 aromatic rings. The lowest BCUT2D eigenvalue weighted by molar-refractivity contribution is -0.158. The van der Waals surface area contributed by atoms with E-state index in [1.807, 2.05) is 0 Å². The van der Waals surface area contributed by atoms with Gasteiger partial charge in [-0.3, -0.25) is 4.79 Å². The second-order valence-corrected chi connectivity index (χ2v) is 4.62. The Kier molecular flexibility index (Phi) is 1.88. The van der Waals surface area contributed by atoms with Crippen molar-refractivity contribution in [3.63, 3.8) is 0 Å². The van der Waals surface area contributed by atoms with Crippen LogP contribution in [0.25, 0.3) is 0 Å². The molecule has 2 atom stereocenters. The molecule has 1 aliphatic rings. The summed E-state index contributed by atoms with van der Waals surface area (Å²) < 4.78 is 32.1. The normalized spacial score (nSPS) is 35.3. The summed E-state index contributed by atoms with van der Waals surface area (Å²) in [4.78, 5) is 22.5. The summed E-state index contributed by atoms with van der Waals surface area (Å²) in [5, 5.41) is 8.77. The molecule has 5 nitrogen and oxygen atoms in total. The number of cyclic esters (lactones) is 1. The number of carbonyl (C=O) groups excluding carboxylic acids is 1.